The van der Waals surface area contributed by atoms with Gasteiger partial charge < -0.3 is 14.8 Å². The highest BCUT2D eigenvalue weighted by Gasteiger charge is 2.33. The zero-order chi connectivity index (χ0) is 18.7. The highest BCUT2D eigenvalue weighted by Crippen LogP contribution is 2.36. The Morgan fingerprint density at radius 3 is 2.50 bits per heavy atom. The van der Waals surface area contributed by atoms with E-state index in [1.165, 1.54) is 14.2 Å². The first kappa shape index (κ1) is 17.8. The highest BCUT2D eigenvalue weighted by atomic mass is 35.5. The lowest BCUT2D eigenvalue weighted by Crippen LogP contribution is -2.30. The summed E-state index contributed by atoms with van der Waals surface area (Å²) in [5.74, 6) is 0.443. The topological polar surface area (TPSA) is 67.9 Å². The summed E-state index contributed by atoms with van der Waals surface area (Å²) in [5.41, 5.74) is 1.65. The molecule has 3 amide bonds. The first-order valence-corrected chi connectivity index (χ1v) is 8.21. The van der Waals surface area contributed by atoms with Crippen LogP contribution in [0.3, 0.4) is 0 Å². The molecule has 0 saturated carbocycles. The van der Waals surface area contributed by atoms with Crippen molar-refractivity contribution in [1.29, 1.82) is 0 Å². The maximum Gasteiger partial charge on any atom is 0.329 e. The molecule has 0 aromatic heterocycles. The average Bonchev–Trinajstić information content (AvgIpc) is 2.89. The molecule has 0 bridgehead atoms. The minimum Gasteiger partial charge on any atom is -0.493 e. The lowest BCUT2D eigenvalue weighted by molar-refractivity contribution is -0.123. The number of benzene rings is 2. The van der Waals surface area contributed by atoms with Crippen molar-refractivity contribution in [3.05, 3.63) is 64.3 Å². The Kier molecular flexibility index (Phi) is 5.14. The van der Waals surface area contributed by atoms with Gasteiger partial charge in [-0.3, -0.25) is 9.69 Å². The van der Waals surface area contributed by atoms with Crippen molar-refractivity contribution in [3.63, 3.8) is 0 Å². The number of ether oxygens (including phenoxy) is 2. The average molecular weight is 373 g/mol. The van der Waals surface area contributed by atoms with E-state index in [1.54, 1.807) is 18.2 Å². The Morgan fingerprint density at radius 1 is 1.12 bits per heavy atom. The fourth-order valence-electron chi connectivity index (χ4n) is 2.67. The van der Waals surface area contributed by atoms with Crippen LogP contribution >= 0.6 is 11.6 Å². The van der Waals surface area contributed by atoms with Crippen molar-refractivity contribution in [2.24, 2.45) is 0 Å². The second-order valence-electron chi connectivity index (χ2n) is 5.60. The predicted molar refractivity (Wildman–Crippen MR) is 98.1 cm³/mol. The normalized spacial score (nSPS) is 15.3. The number of amides is 3. The molecule has 3 rings (SSSR count). The van der Waals surface area contributed by atoms with Gasteiger partial charge in [-0.2, -0.15) is 0 Å². The summed E-state index contributed by atoms with van der Waals surface area (Å²) in [6.45, 7) is 0.204. The van der Waals surface area contributed by atoms with Gasteiger partial charge in [-0.25, -0.2) is 4.79 Å². The van der Waals surface area contributed by atoms with Gasteiger partial charge in [-0.15, -0.1) is 0 Å². The van der Waals surface area contributed by atoms with Crippen LogP contribution in [-0.4, -0.2) is 31.1 Å². The first-order valence-electron chi connectivity index (χ1n) is 7.83. The third kappa shape index (κ3) is 3.50. The van der Waals surface area contributed by atoms with E-state index >= 15 is 0 Å². The molecule has 0 radical (unpaired) electrons. The van der Waals surface area contributed by atoms with E-state index in [0.29, 0.717) is 22.1 Å². The van der Waals surface area contributed by atoms with Gasteiger partial charge in [0.25, 0.3) is 5.91 Å². The molecule has 1 aliphatic heterocycles. The zero-order valence-corrected chi connectivity index (χ0v) is 15.0. The molecule has 2 aromatic rings. The van der Waals surface area contributed by atoms with E-state index in [4.69, 9.17) is 21.1 Å². The number of hydrogen-bond donors (Lipinski definition) is 1. The van der Waals surface area contributed by atoms with Crippen LogP contribution in [0, 0.1) is 0 Å². The van der Waals surface area contributed by atoms with Crippen molar-refractivity contribution < 1.29 is 19.1 Å². The van der Waals surface area contributed by atoms with Gasteiger partial charge >= 0.3 is 6.03 Å². The van der Waals surface area contributed by atoms with E-state index in [2.05, 4.69) is 5.32 Å². The third-order valence-corrected chi connectivity index (χ3v) is 4.19. The maximum absolute atomic E-state index is 12.6. The number of nitrogens with zero attached hydrogens (tertiary/aromatic N) is 1. The molecule has 1 aliphatic rings. The highest BCUT2D eigenvalue weighted by molar-refractivity contribution is 6.32. The predicted octanol–water partition coefficient (Wildman–Crippen LogP) is 3.45. The summed E-state index contributed by atoms with van der Waals surface area (Å²) >= 11 is 6.18. The summed E-state index contributed by atoms with van der Waals surface area (Å²) in [6, 6.07) is 12.2. The number of hydrogen-bond acceptors (Lipinski definition) is 4. The quantitative estimate of drug-likeness (QED) is 0.644. The van der Waals surface area contributed by atoms with E-state index in [0.717, 1.165) is 10.5 Å². The van der Waals surface area contributed by atoms with Crippen molar-refractivity contribution in [2.45, 2.75) is 6.54 Å². The van der Waals surface area contributed by atoms with Crippen LogP contribution in [-0.2, 0) is 11.3 Å². The zero-order valence-electron chi connectivity index (χ0n) is 14.3. The molecule has 0 aliphatic carbocycles. The van der Waals surface area contributed by atoms with Crippen LogP contribution in [0.5, 0.6) is 11.5 Å². The lowest BCUT2D eigenvalue weighted by atomic mass is 10.1. The van der Waals surface area contributed by atoms with Crippen molar-refractivity contribution in [1.82, 2.24) is 10.2 Å². The summed E-state index contributed by atoms with van der Waals surface area (Å²) < 4.78 is 10.4. The van der Waals surface area contributed by atoms with E-state index < -0.39 is 11.9 Å². The van der Waals surface area contributed by atoms with Crippen molar-refractivity contribution >= 4 is 29.6 Å². The maximum atomic E-state index is 12.6. The van der Waals surface area contributed by atoms with Crippen LogP contribution in [0.25, 0.3) is 6.08 Å². The van der Waals surface area contributed by atoms with Gasteiger partial charge in [0.1, 0.15) is 5.70 Å². The number of methoxy groups -OCH3 is 2. The molecular formula is C19H17ClN2O4. The van der Waals surface area contributed by atoms with Crippen molar-refractivity contribution in [2.75, 3.05) is 14.2 Å². The molecule has 0 spiro atoms. The summed E-state index contributed by atoms with van der Waals surface area (Å²) in [7, 11) is 2.99. The number of carbonyl (C=O) groups is 2. The van der Waals surface area contributed by atoms with Gasteiger partial charge in [-0.05, 0) is 29.3 Å². The third-order valence-electron chi connectivity index (χ3n) is 3.91. The molecule has 1 fully saturated rings. The molecule has 1 saturated heterocycles. The van der Waals surface area contributed by atoms with E-state index in [-0.39, 0.29) is 12.2 Å². The molecule has 134 valence electrons. The number of nitrogens with one attached hydrogen (secondary N) is 1. The number of imide groups is 1. The molecule has 6 nitrogen and oxygen atoms in total. The van der Waals surface area contributed by atoms with Gasteiger partial charge in [0.15, 0.2) is 11.5 Å². The van der Waals surface area contributed by atoms with Crippen LogP contribution in [0.4, 0.5) is 4.79 Å². The van der Waals surface area contributed by atoms with Gasteiger partial charge in [-0.1, -0.05) is 41.9 Å². The molecule has 0 atom stereocenters. The number of urea groups is 1. The monoisotopic (exact) mass is 372 g/mol. The number of carbonyl (C=O) groups excluding carboxylic acids is 2. The standard InChI is InChI=1S/C19H17ClN2O4/c1-25-16-10-13(8-14(20)17(16)26-2)9-15-18(23)22(19(24)21-15)11-12-6-4-3-5-7-12/h3-10H,11H2,1-2H3,(H,21,24)/b15-9+. The Balaban J connectivity index is 1.87. The van der Waals surface area contributed by atoms with Crippen LogP contribution in [0.2, 0.25) is 5.02 Å². The Morgan fingerprint density at radius 2 is 1.85 bits per heavy atom. The first-order chi connectivity index (χ1) is 12.5. The summed E-state index contributed by atoms with van der Waals surface area (Å²) in [6.07, 6.45) is 1.55. The number of rotatable bonds is 5. The molecule has 26 heavy (non-hydrogen) atoms. The van der Waals surface area contributed by atoms with Crippen LogP contribution in [0.1, 0.15) is 11.1 Å². The fraction of sp³-hybridized carbons (Fsp3) is 0.158. The van der Waals surface area contributed by atoms with Gasteiger partial charge in [0.05, 0.1) is 25.8 Å². The second kappa shape index (κ2) is 7.49. The Hall–Kier alpha value is -2.99. The Labute approximate surface area is 156 Å². The van der Waals surface area contributed by atoms with E-state index in [9.17, 15) is 9.59 Å². The smallest absolute Gasteiger partial charge is 0.329 e. The molecule has 1 heterocycles. The van der Waals surface area contributed by atoms with Gasteiger partial charge in [0.2, 0.25) is 0 Å². The number of halogens is 1. The largest absolute Gasteiger partial charge is 0.493 e. The molecule has 7 heteroatoms. The van der Waals surface area contributed by atoms with Crippen molar-refractivity contribution in [3.8, 4) is 11.5 Å². The molecule has 1 N–H and O–H groups in total. The minimum absolute atomic E-state index is 0.175. The lowest BCUT2D eigenvalue weighted by Gasteiger charge is -2.11. The Bertz CT molecular complexity index is 881. The summed E-state index contributed by atoms with van der Waals surface area (Å²) in [4.78, 5) is 25.9. The SMILES string of the molecule is COc1cc(/C=C2/NC(=O)N(Cc3ccccc3)C2=O)cc(Cl)c1OC. The molecule has 0 unspecified atom stereocenters. The minimum atomic E-state index is -0.461. The fourth-order valence-corrected chi connectivity index (χ4v) is 2.97. The van der Waals surface area contributed by atoms with Gasteiger partial charge in [0, 0.05) is 0 Å². The van der Waals surface area contributed by atoms with Crippen LogP contribution in [0.15, 0.2) is 48.2 Å². The van der Waals surface area contributed by atoms with Crippen LogP contribution < -0.4 is 14.8 Å². The second-order valence-corrected chi connectivity index (χ2v) is 6.01. The summed E-state index contributed by atoms with van der Waals surface area (Å²) in [5, 5.41) is 2.94. The molecule has 2 aromatic carbocycles. The van der Waals surface area contributed by atoms with E-state index in [1.807, 2.05) is 30.3 Å². The molecular weight excluding hydrogens is 356 g/mol.